The second-order valence-corrected chi connectivity index (χ2v) is 6.05. The van der Waals surface area contributed by atoms with Gasteiger partial charge in [0, 0.05) is 12.2 Å². The van der Waals surface area contributed by atoms with Crippen molar-refractivity contribution in [3.63, 3.8) is 0 Å². The van der Waals surface area contributed by atoms with E-state index in [1.54, 1.807) is 19.1 Å². The van der Waals surface area contributed by atoms with Crippen molar-refractivity contribution in [2.45, 2.75) is 26.4 Å². The van der Waals surface area contributed by atoms with Crippen LogP contribution in [0.5, 0.6) is 0 Å². The van der Waals surface area contributed by atoms with Crippen LogP contribution in [-0.2, 0) is 11.3 Å². The van der Waals surface area contributed by atoms with Crippen LogP contribution in [0.25, 0.3) is 0 Å². The van der Waals surface area contributed by atoms with E-state index in [-0.39, 0.29) is 11.8 Å². The number of anilines is 1. The molecule has 1 unspecified atom stereocenters. The predicted molar refractivity (Wildman–Crippen MR) is 93.7 cm³/mol. The minimum absolute atomic E-state index is 0.233. The topological polar surface area (TPSA) is 70.2 Å². The number of rotatable bonds is 7. The highest BCUT2D eigenvalue weighted by Gasteiger charge is 2.18. The third-order valence-corrected chi connectivity index (χ3v) is 4.20. The van der Waals surface area contributed by atoms with Crippen molar-refractivity contribution in [2.24, 2.45) is 0 Å². The van der Waals surface area contributed by atoms with Crippen LogP contribution < -0.4 is 16.0 Å². The van der Waals surface area contributed by atoms with Crippen molar-refractivity contribution in [1.82, 2.24) is 10.6 Å². The molecule has 5 nitrogen and oxygen atoms in total. The fourth-order valence-electron chi connectivity index (χ4n) is 2.04. The summed E-state index contributed by atoms with van der Waals surface area (Å²) in [5.41, 5.74) is 1.77. The van der Waals surface area contributed by atoms with Crippen LogP contribution in [-0.4, -0.2) is 24.4 Å². The van der Waals surface area contributed by atoms with Crippen LogP contribution in [0.1, 0.15) is 29.1 Å². The number of carbonyl (C=O) groups excluding carboxylic acids is 2. The minimum atomic E-state index is -0.614. The second kappa shape index (κ2) is 8.45. The molecular formula is C17H21N3O2S. The summed E-state index contributed by atoms with van der Waals surface area (Å²) in [4.78, 5) is 24.9. The standard InChI is InChI=1S/C17H21N3O2S/c1-3-18-11-13-7-4-5-8-14(13)20-16(21)12(2)19-17(22)15-9-6-10-23-15/h4-10,12,18H,3,11H2,1-2H3,(H,19,22)(H,20,21). The van der Waals surface area contributed by atoms with Gasteiger partial charge in [0.1, 0.15) is 6.04 Å². The molecule has 0 spiro atoms. The molecule has 3 N–H and O–H groups in total. The third kappa shape index (κ3) is 4.91. The van der Waals surface area contributed by atoms with Crippen LogP contribution in [0.15, 0.2) is 41.8 Å². The lowest BCUT2D eigenvalue weighted by Gasteiger charge is -2.16. The van der Waals surface area contributed by atoms with Crippen molar-refractivity contribution in [2.75, 3.05) is 11.9 Å². The van der Waals surface area contributed by atoms with Crippen LogP contribution in [0.3, 0.4) is 0 Å². The average molecular weight is 331 g/mol. The van der Waals surface area contributed by atoms with Crippen LogP contribution >= 0.6 is 11.3 Å². The van der Waals surface area contributed by atoms with Gasteiger partial charge in [-0.2, -0.15) is 0 Å². The summed E-state index contributed by atoms with van der Waals surface area (Å²) >= 11 is 1.35. The molecule has 1 atom stereocenters. The van der Waals surface area contributed by atoms with E-state index in [1.165, 1.54) is 11.3 Å². The van der Waals surface area contributed by atoms with Gasteiger partial charge < -0.3 is 16.0 Å². The van der Waals surface area contributed by atoms with Gasteiger partial charge >= 0.3 is 0 Å². The third-order valence-electron chi connectivity index (χ3n) is 3.33. The first-order valence-electron chi connectivity index (χ1n) is 7.55. The van der Waals surface area contributed by atoms with E-state index in [4.69, 9.17) is 0 Å². The minimum Gasteiger partial charge on any atom is -0.340 e. The molecule has 2 aromatic rings. The van der Waals surface area contributed by atoms with E-state index in [2.05, 4.69) is 16.0 Å². The number of amides is 2. The van der Waals surface area contributed by atoms with Gasteiger partial charge in [0.25, 0.3) is 5.91 Å². The highest BCUT2D eigenvalue weighted by Crippen LogP contribution is 2.15. The number of carbonyl (C=O) groups is 2. The molecule has 2 rings (SSSR count). The Bertz CT molecular complexity index is 656. The van der Waals surface area contributed by atoms with Crippen LogP contribution in [0.4, 0.5) is 5.69 Å². The number of para-hydroxylation sites is 1. The number of hydrogen-bond acceptors (Lipinski definition) is 4. The largest absolute Gasteiger partial charge is 0.340 e. The van der Waals surface area contributed by atoms with Gasteiger partial charge in [-0.25, -0.2) is 0 Å². The molecule has 0 bridgehead atoms. The maximum absolute atomic E-state index is 12.3. The maximum Gasteiger partial charge on any atom is 0.261 e. The van der Waals surface area contributed by atoms with Gasteiger partial charge in [0.2, 0.25) is 5.91 Å². The van der Waals surface area contributed by atoms with Gasteiger partial charge in [0.05, 0.1) is 4.88 Å². The Morgan fingerprint density at radius 3 is 2.65 bits per heavy atom. The van der Waals surface area contributed by atoms with Crippen molar-refractivity contribution >= 4 is 28.8 Å². The van der Waals surface area contributed by atoms with Crippen molar-refractivity contribution in [3.05, 3.63) is 52.2 Å². The Hall–Kier alpha value is -2.18. The molecule has 0 aliphatic heterocycles. The van der Waals surface area contributed by atoms with E-state index in [9.17, 15) is 9.59 Å². The molecular weight excluding hydrogens is 310 g/mol. The first-order valence-corrected chi connectivity index (χ1v) is 8.43. The van der Waals surface area contributed by atoms with Gasteiger partial charge in [-0.05, 0) is 36.5 Å². The molecule has 0 aliphatic rings. The monoisotopic (exact) mass is 331 g/mol. The normalized spacial score (nSPS) is 11.7. The summed E-state index contributed by atoms with van der Waals surface area (Å²) in [6, 6.07) is 10.6. The van der Waals surface area contributed by atoms with E-state index in [0.29, 0.717) is 11.4 Å². The molecule has 0 saturated carbocycles. The molecule has 6 heteroatoms. The summed E-state index contributed by atoms with van der Waals surface area (Å²) in [6.07, 6.45) is 0. The zero-order valence-corrected chi connectivity index (χ0v) is 14.1. The quantitative estimate of drug-likeness (QED) is 0.730. The Balaban J connectivity index is 1.97. The fraction of sp³-hybridized carbons (Fsp3) is 0.294. The van der Waals surface area contributed by atoms with Gasteiger partial charge in [-0.15, -0.1) is 11.3 Å². The summed E-state index contributed by atoms with van der Waals surface area (Å²) in [7, 11) is 0. The zero-order valence-electron chi connectivity index (χ0n) is 13.3. The highest BCUT2D eigenvalue weighted by atomic mass is 32.1. The lowest BCUT2D eigenvalue weighted by molar-refractivity contribution is -0.117. The molecule has 1 aromatic heterocycles. The Labute approximate surface area is 140 Å². The van der Waals surface area contributed by atoms with Crippen molar-refractivity contribution in [3.8, 4) is 0 Å². The van der Waals surface area contributed by atoms with Crippen LogP contribution in [0.2, 0.25) is 0 Å². The number of benzene rings is 1. The number of thiophene rings is 1. The Morgan fingerprint density at radius 2 is 1.96 bits per heavy atom. The molecule has 1 heterocycles. The summed E-state index contributed by atoms with van der Waals surface area (Å²) in [6.45, 7) is 5.25. The summed E-state index contributed by atoms with van der Waals surface area (Å²) in [5.74, 6) is -0.470. The molecule has 0 aliphatic carbocycles. The van der Waals surface area contributed by atoms with E-state index in [0.717, 1.165) is 17.8 Å². The molecule has 23 heavy (non-hydrogen) atoms. The zero-order chi connectivity index (χ0) is 16.7. The lowest BCUT2D eigenvalue weighted by atomic mass is 10.1. The fourth-order valence-corrected chi connectivity index (χ4v) is 2.66. The van der Waals surface area contributed by atoms with E-state index in [1.807, 2.05) is 36.6 Å². The second-order valence-electron chi connectivity index (χ2n) is 5.10. The van der Waals surface area contributed by atoms with Gasteiger partial charge in [-0.1, -0.05) is 31.2 Å². The summed E-state index contributed by atoms with van der Waals surface area (Å²) in [5, 5.41) is 10.7. The predicted octanol–water partition coefficient (Wildman–Crippen LogP) is 2.61. The van der Waals surface area contributed by atoms with E-state index >= 15 is 0 Å². The molecule has 0 fully saturated rings. The average Bonchev–Trinajstić information content (AvgIpc) is 3.08. The van der Waals surface area contributed by atoms with Crippen LogP contribution in [0, 0.1) is 0 Å². The Morgan fingerprint density at radius 1 is 1.17 bits per heavy atom. The Kier molecular flexibility index (Phi) is 6.31. The first kappa shape index (κ1) is 17.2. The van der Waals surface area contributed by atoms with Gasteiger partial charge in [0.15, 0.2) is 0 Å². The van der Waals surface area contributed by atoms with Crippen molar-refractivity contribution in [1.29, 1.82) is 0 Å². The molecule has 122 valence electrons. The SMILES string of the molecule is CCNCc1ccccc1NC(=O)C(C)NC(=O)c1cccs1. The number of nitrogens with one attached hydrogen (secondary N) is 3. The highest BCUT2D eigenvalue weighted by molar-refractivity contribution is 7.12. The summed E-state index contributed by atoms with van der Waals surface area (Å²) < 4.78 is 0. The smallest absolute Gasteiger partial charge is 0.261 e. The molecule has 0 saturated heterocycles. The maximum atomic E-state index is 12.3. The number of hydrogen-bond donors (Lipinski definition) is 3. The lowest BCUT2D eigenvalue weighted by Crippen LogP contribution is -2.41. The van der Waals surface area contributed by atoms with E-state index < -0.39 is 6.04 Å². The molecule has 2 amide bonds. The molecule has 1 aromatic carbocycles. The molecule has 0 radical (unpaired) electrons. The first-order chi connectivity index (χ1) is 11.1. The van der Waals surface area contributed by atoms with Crippen molar-refractivity contribution < 1.29 is 9.59 Å². The van der Waals surface area contributed by atoms with Gasteiger partial charge in [-0.3, -0.25) is 9.59 Å².